The van der Waals surface area contributed by atoms with Crippen LogP contribution in [-0.4, -0.2) is 19.1 Å². The van der Waals surface area contributed by atoms with Crippen LogP contribution in [0.5, 0.6) is 0 Å². The molecule has 0 saturated heterocycles. The van der Waals surface area contributed by atoms with Crippen LogP contribution in [0.4, 0.5) is 13.2 Å². The Kier molecular flexibility index (Phi) is 4.75. The van der Waals surface area contributed by atoms with E-state index in [0.29, 0.717) is 5.56 Å². The second kappa shape index (κ2) is 7.40. The molecule has 4 aromatic rings. The number of hydrogen-bond acceptors (Lipinski definition) is 3. The van der Waals surface area contributed by atoms with Gasteiger partial charge in [-0.3, -0.25) is 13.9 Å². The van der Waals surface area contributed by atoms with Gasteiger partial charge in [-0.15, -0.1) is 0 Å². The van der Waals surface area contributed by atoms with Crippen LogP contribution in [0.15, 0.2) is 52.1 Å². The van der Waals surface area contributed by atoms with E-state index in [2.05, 4.69) is 21.8 Å². The quantitative estimate of drug-likeness (QED) is 0.516. The second-order valence-corrected chi connectivity index (χ2v) is 6.52. The van der Waals surface area contributed by atoms with E-state index in [1.165, 1.54) is 37.4 Å². The Morgan fingerprint density at radius 3 is 2.43 bits per heavy atom. The summed E-state index contributed by atoms with van der Waals surface area (Å²) in [6.45, 7) is -0.242. The summed E-state index contributed by atoms with van der Waals surface area (Å²) in [5, 5.41) is 0. The van der Waals surface area contributed by atoms with E-state index >= 15 is 0 Å². The summed E-state index contributed by atoms with van der Waals surface area (Å²) in [7, 11) is 1.43. The van der Waals surface area contributed by atoms with Crippen molar-refractivity contribution >= 4 is 11.2 Å². The molecule has 0 fully saturated rings. The van der Waals surface area contributed by atoms with Crippen molar-refractivity contribution in [1.29, 1.82) is 0 Å². The van der Waals surface area contributed by atoms with Gasteiger partial charge in [0.1, 0.15) is 5.82 Å². The van der Waals surface area contributed by atoms with Crippen LogP contribution in [0.1, 0.15) is 17.0 Å². The van der Waals surface area contributed by atoms with Gasteiger partial charge in [0.15, 0.2) is 28.6 Å². The summed E-state index contributed by atoms with van der Waals surface area (Å²) in [5.74, 6) is 3.18. The molecule has 0 spiro atoms. The fourth-order valence-corrected chi connectivity index (χ4v) is 2.93. The van der Waals surface area contributed by atoms with Gasteiger partial charge in [-0.2, -0.15) is 0 Å². The van der Waals surface area contributed by atoms with E-state index in [1.807, 2.05) is 0 Å². The summed E-state index contributed by atoms with van der Waals surface area (Å²) in [6, 6.07) is 8.68. The van der Waals surface area contributed by atoms with Crippen molar-refractivity contribution < 1.29 is 13.2 Å². The molecular formula is C21H13F3N4O2. The molecule has 0 aliphatic carbocycles. The second-order valence-electron chi connectivity index (χ2n) is 6.52. The average molecular weight is 410 g/mol. The third-order valence-electron chi connectivity index (χ3n) is 4.47. The van der Waals surface area contributed by atoms with Crippen LogP contribution in [-0.2, 0) is 13.6 Å². The zero-order chi connectivity index (χ0) is 21.4. The third kappa shape index (κ3) is 3.51. The number of fused-ring (bicyclic) bond motifs is 1. The molecule has 0 atom stereocenters. The summed E-state index contributed by atoms with van der Waals surface area (Å²) >= 11 is 0. The highest BCUT2D eigenvalue weighted by atomic mass is 19.2. The Morgan fingerprint density at radius 2 is 1.73 bits per heavy atom. The smallest absolute Gasteiger partial charge is 0.325 e. The number of halogens is 3. The largest absolute Gasteiger partial charge is 0.332 e. The molecule has 1 N–H and O–H groups in total. The van der Waals surface area contributed by atoms with Gasteiger partial charge in [-0.25, -0.2) is 22.9 Å². The Balaban J connectivity index is 1.77. The van der Waals surface area contributed by atoms with Gasteiger partial charge in [-0.05, 0) is 47.9 Å². The third-order valence-corrected chi connectivity index (χ3v) is 4.47. The van der Waals surface area contributed by atoms with Crippen LogP contribution >= 0.6 is 0 Å². The Labute approximate surface area is 167 Å². The molecule has 4 rings (SSSR count). The SMILES string of the molecule is Cn1c(=O)n(Cc2ccc(F)c(F)c2)c(=O)c2[nH]c(C#Cc3ccc(F)cc3)nc21. The van der Waals surface area contributed by atoms with E-state index in [9.17, 15) is 22.8 Å². The number of rotatable bonds is 2. The minimum atomic E-state index is -1.07. The van der Waals surface area contributed by atoms with Crippen LogP contribution in [0.2, 0.25) is 0 Å². The van der Waals surface area contributed by atoms with E-state index in [4.69, 9.17) is 0 Å². The summed E-state index contributed by atoms with van der Waals surface area (Å²) in [5.41, 5.74) is -0.384. The maximum absolute atomic E-state index is 13.5. The summed E-state index contributed by atoms with van der Waals surface area (Å²) < 4.78 is 41.6. The van der Waals surface area contributed by atoms with Crippen molar-refractivity contribution in [2.75, 3.05) is 0 Å². The van der Waals surface area contributed by atoms with E-state index in [1.54, 1.807) is 0 Å². The lowest BCUT2D eigenvalue weighted by Gasteiger charge is -2.08. The fourth-order valence-electron chi connectivity index (χ4n) is 2.93. The molecule has 0 bridgehead atoms. The molecule has 2 aromatic heterocycles. The number of benzene rings is 2. The Hall–Kier alpha value is -4.06. The highest BCUT2D eigenvalue weighted by Crippen LogP contribution is 2.10. The van der Waals surface area contributed by atoms with Gasteiger partial charge >= 0.3 is 5.69 Å². The zero-order valence-corrected chi connectivity index (χ0v) is 15.5. The monoisotopic (exact) mass is 410 g/mol. The maximum atomic E-state index is 13.5. The van der Waals surface area contributed by atoms with Gasteiger partial charge in [-0.1, -0.05) is 12.0 Å². The standard InChI is InChI=1S/C21H13F3N4O2/c1-27-19-18(25-17(26-19)9-5-12-2-6-14(22)7-3-12)20(29)28(21(27)30)11-13-4-8-15(23)16(24)10-13/h2-4,6-8,10H,11H2,1H3,(H,25,26). The van der Waals surface area contributed by atoms with E-state index in [0.717, 1.165) is 21.3 Å². The molecule has 30 heavy (non-hydrogen) atoms. The molecule has 0 amide bonds. The van der Waals surface area contributed by atoms with Gasteiger partial charge in [0, 0.05) is 12.6 Å². The van der Waals surface area contributed by atoms with Crippen LogP contribution < -0.4 is 11.2 Å². The number of imidazole rings is 1. The number of nitrogens with zero attached hydrogens (tertiary/aromatic N) is 3. The topological polar surface area (TPSA) is 72.7 Å². The molecule has 0 unspecified atom stereocenters. The van der Waals surface area contributed by atoms with Gasteiger partial charge < -0.3 is 4.98 Å². The van der Waals surface area contributed by atoms with Crippen molar-refractivity contribution in [3.05, 3.63) is 97.7 Å². The zero-order valence-electron chi connectivity index (χ0n) is 15.5. The number of nitrogens with one attached hydrogen (secondary N) is 1. The first-order chi connectivity index (χ1) is 14.3. The van der Waals surface area contributed by atoms with E-state index in [-0.39, 0.29) is 34.9 Å². The number of hydrogen-bond donors (Lipinski definition) is 1. The highest BCUT2D eigenvalue weighted by Gasteiger charge is 2.15. The lowest BCUT2D eigenvalue weighted by atomic mass is 10.2. The molecular weight excluding hydrogens is 397 g/mol. The number of aryl methyl sites for hydroxylation is 1. The number of aromatic nitrogens is 4. The summed E-state index contributed by atoms with van der Waals surface area (Å²) in [4.78, 5) is 32.4. The molecule has 6 nitrogen and oxygen atoms in total. The molecule has 150 valence electrons. The maximum Gasteiger partial charge on any atom is 0.332 e. The molecule has 0 aliphatic heterocycles. The number of aromatic amines is 1. The van der Waals surface area contributed by atoms with Crippen LogP contribution in [0.3, 0.4) is 0 Å². The van der Waals surface area contributed by atoms with Crippen molar-refractivity contribution in [2.24, 2.45) is 7.05 Å². The lowest BCUT2D eigenvalue weighted by Crippen LogP contribution is -2.39. The first-order valence-electron chi connectivity index (χ1n) is 8.74. The predicted octanol–water partition coefficient (Wildman–Crippen LogP) is 2.29. The first kappa shape index (κ1) is 19.3. The Bertz CT molecular complexity index is 1450. The van der Waals surface area contributed by atoms with Gasteiger partial charge in [0.2, 0.25) is 0 Å². The molecule has 2 heterocycles. The molecule has 2 aromatic carbocycles. The fraction of sp³-hybridized carbons (Fsp3) is 0.0952. The minimum Gasteiger partial charge on any atom is -0.325 e. The van der Waals surface area contributed by atoms with Crippen molar-refractivity contribution in [3.8, 4) is 11.8 Å². The van der Waals surface area contributed by atoms with Gasteiger partial charge in [0.25, 0.3) is 5.56 Å². The van der Waals surface area contributed by atoms with Crippen LogP contribution in [0, 0.1) is 29.3 Å². The van der Waals surface area contributed by atoms with Crippen molar-refractivity contribution in [1.82, 2.24) is 19.1 Å². The van der Waals surface area contributed by atoms with Crippen molar-refractivity contribution in [2.45, 2.75) is 6.54 Å². The number of H-pyrrole nitrogens is 1. The normalized spacial score (nSPS) is 10.8. The Morgan fingerprint density at radius 1 is 1.00 bits per heavy atom. The summed E-state index contributed by atoms with van der Waals surface area (Å²) in [6.07, 6.45) is 0. The molecule has 9 heteroatoms. The molecule has 0 radical (unpaired) electrons. The van der Waals surface area contributed by atoms with Crippen LogP contribution in [0.25, 0.3) is 11.2 Å². The first-order valence-corrected chi connectivity index (χ1v) is 8.74. The van der Waals surface area contributed by atoms with Gasteiger partial charge in [0.05, 0.1) is 6.54 Å². The van der Waals surface area contributed by atoms with E-state index < -0.39 is 22.9 Å². The predicted molar refractivity (Wildman–Crippen MR) is 103 cm³/mol. The minimum absolute atomic E-state index is 0.0445. The molecule has 0 aliphatic rings. The lowest BCUT2D eigenvalue weighted by molar-refractivity contribution is 0.506. The van der Waals surface area contributed by atoms with Crippen molar-refractivity contribution in [3.63, 3.8) is 0 Å². The molecule has 0 saturated carbocycles. The average Bonchev–Trinajstić information content (AvgIpc) is 3.16. The highest BCUT2D eigenvalue weighted by molar-refractivity contribution is 5.70.